The van der Waals surface area contributed by atoms with Gasteiger partial charge in [0.15, 0.2) is 5.96 Å². The van der Waals surface area contributed by atoms with Crippen molar-refractivity contribution < 1.29 is 5.11 Å². The molecule has 0 unspecified atom stereocenters. The minimum absolute atomic E-state index is 0.201. The smallest absolute Gasteiger partial charge is 0.191 e. The molecular weight excluding hydrogens is 362 g/mol. The van der Waals surface area contributed by atoms with Crippen LogP contribution in [0.1, 0.15) is 56.6 Å². The molecule has 1 saturated carbocycles. The number of nitrogens with zero attached hydrogens (tertiary/aromatic N) is 3. The van der Waals surface area contributed by atoms with Crippen LogP contribution < -0.4 is 10.6 Å². The van der Waals surface area contributed by atoms with Crippen molar-refractivity contribution in [2.45, 2.75) is 58.5 Å². The molecule has 1 aromatic heterocycles. The Morgan fingerprint density at radius 1 is 1.17 bits per heavy atom. The lowest BCUT2D eigenvalue weighted by molar-refractivity contribution is 0.131. The van der Waals surface area contributed by atoms with Crippen LogP contribution in [0.4, 0.5) is 0 Å². The summed E-state index contributed by atoms with van der Waals surface area (Å²) in [5.74, 6) is 0.855. The highest BCUT2D eigenvalue weighted by atomic mass is 16.3. The van der Waals surface area contributed by atoms with Gasteiger partial charge in [0.2, 0.25) is 0 Å². The summed E-state index contributed by atoms with van der Waals surface area (Å²) in [4.78, 5) is 4.81. The van der Waals surface area contributed by atoms with E-state index in [1.54, 1.807) is 6.20 Å². The molecule has 0 bridgehead atoms. The number of aliphatic hydroxyl groups is 1. The van der Waals surface area contributed by atoms with Crippen molar-refractivity contribution in [3.8, 4) is 0 Å². The van der Waals surface area contributed by atoms with E-state index in [0.717, 1.165) is 32.0 Å². The lowest BCUT2D eigenvalue weighted by Gasteiger charge is -2.37. The Morgan fingerprint density at radius 2 is 2.00 bits per heavy atom. The second-order valence-electron chi connectivity index (χ2n) is 8.11. The van der Waals surface area contributed by atoms with Gasteiger partial charge >= 0.3 is 0 Å². The lowest BCUT2D eigenvalue weighted by atomic mass is 9.72. The molecule has 1 aromatic carbocycles. The third kappa shape index (κ3) is 6.60. The van der Waals surface area contributed by atoms with E-state index in [4.69, 9.17) is 4.99 Å². The Labute approximate surface area is 174 Å². The van der Waals surface area contributed by atoms with Gasteiger partial charge in [-0.05, 0) is 48.8 Å². The van der Waals surface area contributed by atoms with Gasteiger partial charge in [-0.2, -0.15) is 5.10 Å². The number of aliphatic imine (C=N–C) groups is 1. The van der Waals surface area contributed by atoms with Gasteiger partial charge in [-0.1, -0.05) is 43.5 Å². The molecule has 1 aliphatic carbocycles. The number of hydrogen-bond donors (Lipinski definition) is 3. The number of aromatic nitrogens is 2. The second-order valence-corrected chi connectivity index (χ2v) is 8.11. The first kappa shape index (κ1) is 21.4. The lowest BCUT2D eigenvalue weighted by Crippen LogP contribution is -2.44. The van der Waals surface area contributed by atoms with Gasteiger partial charge in [0.25, 0.3) is 0 Å². The van der Waals surface area contributed by atoms with E-state index in [-0.39, 0.29) is 12.0 Å². The highest BCUT2D eigenvalue weighted by molar-refractivity contribution is 5.79. The molecule has 0 radical (unpaired) electrons. The summed E-state index contributed by atoms with van der Waals surface area (Å²) in [7, 11) is 0. The zero-order valence-electron chi connectivity index (χ0n) is 17.6. The van der Waals surface area contributed by atoms with Crippen LogP contribution in [0.5, 0.6) is 0 Å². The third-order valence-electron chi connectivity index (χ3n) is 5.85. The summed E-state index contributed by atoms with van der Waals surface area (Å²) in [6.07, 6.45) is 10.9. The second kappa shape index (κ2) is 11.0. The minimum Gasteiger partial charge on any atom is -0.396 e. The summed E-state index contributed by atoms with van der Waals surface area (Å²) in [6, 6.07) is 10.5. The summed E-state index contributed by atoms with van der Waals surface area (Å²) in [5.41, 5.74) is 2.62. The first-order valence-electron chi connectivity index (χ1n) is 10.9. The van der Waals surface area contributed by atoms with Crippen LogP contribution in [0.15, 0.2) is 47.7 Å². The summed E-state index contributed by atoms with van der Waals surface area (Å²) < 4.78 is 1.93. The number of rotatable bonds is 9. The first-order valence-corrected chi connectivity index (χ1v) is 10.9. The number of guanidine groups is 1. The number of nitrogens with one attached hydrogen (secondary N) is 2. The maximum atomic E-state index is 9.54. The maximum Gasteiger partial charge on any atom is 0.191 e. The van der Waals surface area contributed by atoms with E-state index in [0.29, 0.717) is 6.54 Å². The molecule has 6 nitrogen and oxygen atoms in total. The normalized spacial score (nSPS) is 16.6. The molecule has 1 heterocycles. The van der Waals surface area contributed by atoms with Gasteiger partial charge in [0.1, 0.15) is 0 Å². The quantitative estimate of drug-likeness (QED) is 0.448. The maximum absolute atomic E-state index is 9.54. The Balaban J connectivity index is 1.61. The van der Waals surface area contributed by atoms with Crippen LogP contribution in [-0.4, -0.2) is 40.5 Å². The van der Waals surface area contributed by atoms with Crippen molar-refractivity contribution in [1.82, 2.24) is 20.4 Å². The molecule has 1 aliphatic rings. The van der Waals surface area contributed by atoms with Crippen LogP contribution in [0.25, 0.3) is 0 Å². The molecule has 2 aromatic rings. The summed E-state index contributed by atoms with van der Waals surface area (Å²) in [6.45, 7) is 5.46. The number of benzene rings is 1. The molecule has 1 fully saturated rings. The summed E-state index contributed by atoms with van der Waals surface area (Å²) in [5, 5.41) is 20.7. The van der Waals surface area contributed by atoms with Crippen LogP contribution >= 0.6 is 0 Å². The van der Waals surface area contributed by atoms with Crippen molar-refractivity contribution in [2.75, 3.05) is 19.7 Å². The van der Waals surface area contributed by atoms with Gasteiger partial charge in [0, 0.05) is 32.1 Å². The Bertz CT molecular complexity index is 745. The van der Waals surface area contributed by atoms with Crippen molar-refractivity contribution in [1.29, 1.82) is 0 Å². The van der Waals surface area contributed by atoms with Gasteiger partial charge in [-0.25, -0.2) is 4.99 Å². The van der Waals surface area contributed by atoms with E-state index in [9.17, 15) is 5.11 Å². The predicted octanol–water partition coefficient (Wildman–Crippen LogP) is 3.32. The average Bonchev–Trinajstić information content (AvgIpc) is 3.24. The SMILES string of the molecule is CCNC(=NCc1cccc(Cn2cccn2)c1)NCC1(CCO)CCCCC1. The molecule has 158 valence electrons. The molecule has 0 amide bonds. The van der Waals surface area contributed by atoms with Crippen LogP contribution in [0.3, 0.4) is 0 Å². The number of aliphatic hydroxyl groups excluding tert-OH is 1. The van der Waals surface area contributed by atoms with Crippen LogP contribution in [0, 0.1) is 5.41 Å². The largest absolute Gasteiger partial charge is 0.396 e. The monoisotopic (exact) mass is 397 g/mol. The molecule has 0 atom stereocenters. The van der Waals surface area contributed by atoms with Gasteiger partial charge in [-0.3, -0.25) is 4.68 Å². The topological polar surface area (TPSA) is 74.5 Å². The zero-order chi connectivity index (χ0) is 20.4. The average molecular weight is 398 g/mol. The fraction of sp³-hybridized carbons (Fsp3) is 0.565. The molecule has 3 rings (SSSR count). The van der Waals surface area contributed by atoms with Crippen LogP contribution in [-0.2, 0) is 13.1 Å². The Morgan fingerprint density at radius 3 is 2.72 bits per heavy atom. The summed E-state index contributed by atoms with van der Waals surface area (Å²) >= 11 is 0. The molecule has 6 heteroatoms. The van der Waals surface area contributed by atoms with Crippen molar-refractivity contribution in [3.63, 3.8) is 0 Å². The molecule has 0 saturated heterocycles. The van der Waals surface area contributed by atoms with Gasteiger partial charge in [0.05, 0.1) is 13.1 Å². The van der Waals surface area contributed by atoms with Gasteiger partial charge < -0.3 is 15.7 Å². The predicted molar refractivity (Wildman–Crippen MR) is 118 cm³/mol. The highest BCUT2D eigenvalue weighted by Crippen LogP contribution is 2.38. The minimum atomic E-state index is 0.201. The molecule has 3 N–H and O–H groups in total. The van der Waals surface area contributed by atoms with Crippen molar-refractivity contribution in [3.05, 3.63) is 53.9 Å². The Hall–Kier alpha value is -2.34. The van der Waals surface area contributed by atoms with Crippen molar-refractivity contribution in [2.24, 2.45) is 10.4 Å². The van der Waals surface area contributed by atoms with E-state index in [1.807, 2.05) is 16.9 Å². The first-order chi connectivity index (χ1) is 14.2. The molecule has 0 spiro atoms. The molecule has 29 heavy (non-hydrogen) atoms. The standard InChI is InChI=1S/C23H35N5O/c1-2-24-22(26-19-23(12-15-29)10-4-3-5-11-23)25-17-20-8-6-9-21(16-20)18-28-14-7-13-27-28/h6-9,13-14,16,29H,2-5,10-12,15,17-19H2,1H3,(H2,24,25,26). The Kier molecular flexibility index (Phi) is 8.11. The van der Waals surface area contributed by atoms with Gasteiger partial charge in [-0.15, -0.1) is 0 Å². The van der Waals surface area contributed by atoms with Crippen molar-refractivity contribution >= 4 is 5.96 Å². The van der Waals surface area contributed by atoms with Crippen LogP contribution in [0.2, 0.25) is 0 Å². The van der Waals surface area contributed by atoms with E-state index < -0.39 is 0 Å². The fourth-order valence-corrected chi connectivity index (χ4v) is 4.24. The molecule has 0 aliphatic heterocycles. The fourth-order valence-electron chi connectivity index (χ4n) is 4.24. The zero-order valence-corrected chi connectivity index (χ0v) is 17.6. The van der Waals surface area contributed by atoms with E-state index in [1.165, 1.54) is 43.2 Å². The third-order valence-corrected chi connectivity index (χ3v) is 5.85. The highest BCUT2D eigenvalue weighted by Gasteiger charge is 2.31. The number of hydrogen-bond acceptors (Lipinski definition) is 3. The van der Waals surface area contributed by atoms with E-state index >= 15 is 0 Å². The van der Waals surface area contributed by atoms with E-state index in [2.05, 4.69) is 46.9 Å². The molecular formula is C23H35N5O.